The van der Waals surface area contributed by atoms with Crippen molar-refractivity contribution in [2.24, 2.45) is 0 Å². The molecule has 0 unspecified atom stereocenters. The highest BCUT2D eigenvalue weighted by Gasteiger charge is 2.32. The summed E-state index contributed by atoms with van der Waals surface area (Å²) in [6.45, 7) is 0. The first-order valence-electron chi connectivity index (χ1n) is 11.6. The molecule has 4 aromatic rings. The van der Waals surface area contributed by atoms with Crippen LogP contribution in [-0.2, 0) is 6.18 Å². The lowest BCUT2D eigenvalue weighted by molar-refractivity contribution is -0.137. The standard InChI is InChI=1S/C25H21F5N6O/c26-18-9-13(25(28,29)30)8-16-17(11-32-21(16)18)22-33-12-19(27)23(36-22)34-14-4-3-5-15(10-14)35-24(37)20-6-1-2-7-31-20/h1-2,6-9,11-12,14-15,32H,3-5,10H2,(H,35,37)(H,33,34,36)/t14-,15+/m0/s1. The van der Waals surface area contributed by atoms with Crippen LogP contribution in [0.1, 0.15) is 41.7 Å². The highest BCUT2D eigenvalue weighted by atomic mass is 19.4. The Morgan fingerprint density at radius 3 is 2.62 bits per heavy atom. The molecule has 1 fully saturated rings. The van der Waals surface area contributed by atoms with Crippen LogP contribution in [0.2, 0.25) is 0 Å². The minimum absolute atomic E-state index is 0.0651. The van der Waals surface area contributed by atoms with Crippen LogP contribution in [-0.4, -0.2) is 37.9 Å². The van der Waals surface area contributed by atoms with E-state index in [4.69, 9.17) is 0 Å². The molecule has 0 saturated heterocycles. The molecule has 0 aliphatic heterocycles. The predicted molar refractivity (Wildman–Crippen MR) is 126 cm³/mol. The van der Waals surface area contributed by atoms with E-state index in [0.717, 1.165) is 25.1 Å². The van der Waals surface area contributed by atoms with Crippen LogP contribution in [0.4, 0.5) is 27.8 Å². The number of fused-ring (bicyclic) bond motifs is 1. The summed E-state index contributed by atoms with van der Waals surface area (Å²) in [6.07, 6.45) is 1.70. The Balaban J connectivity index is 1.36. The van der Waals surface area contributed by atoms with Gasteiger partial charge < -0.3 is 15.6 Å². The van der Waals surface area contributed by atoms with Gasteiger partial charge in [-0.1, -0.05) is 6.07 Å². The van der Waals surface area contributed by atoms with Gasteiger partial charge in [-0.15, -0.1) is 0 Å². The summed E-state index contributed by atoms with van der Waals surface area (Å²) in [4.78, 5) is 27.2. The molecule has 2 atom stereocenters. The van der Waals surface area contributed by atoms with E-state index in [0.29, 0.717) is 24.6 Å². The molecule has 1 aliphatic rings. The van der Waals surface area contributed by atoms with Gasteiger partial charge in [0.25, 0.3) is 5.91 Å². The fraction of sp³-hybridized carbons (Fsp3) is 0.280. The first-order chi connectivity index (χ1) is 17.7. The lowest BCUT2D eigenvalue weighted by Gasteiger charge is -2.30. The number of carbonyl (C=O) groups excluding carboxylic acids is 1. The number of rotatable bonds is 5. The number of hydrogen-bond donors (Lipinski definition) is 3. The van der Waals surface area contributed by atoms with E-state index in [2.05, 4.69) is 30.6 Å². The lowest BCUT2D eigenvalue weighted by Crippen LogP contribution is -2.42. The molecule has 0 bridgehead atoms. The Labute approximate surface area is 207 Å². The van der Waals surface area contributed by atoms with Gasteiger partial charge >= 0.3 is 6.18 Å². The van der Waals surface area contributed by atoms with E-state index in [9.17, 15) is 26.7 Å². The second-order valence-corrected chi connectivity index (χ2v) is 8.86. The van der Waals surface area contributed by atoms with Gasteiger partial charge in [-0.05, 0) is 49.9 Å². The van der Waals surface area contributed by atoms with E-state index in [1.807, 2.05) is 0 Å². The van der Waals surface area contributed by atoms with Gasteiger partial charge in [0.05, 0.1) is 17.3 Å². The maximum atomic E-state index is 14.6. The predicted octanol–water partition coefficient (Wildman–Crippen LogP) is 5.47. The number of pyridine rings is 1. The number of nitrogens with zero attached hydrogens (tertiary/aromatic N) is 3. The summed E-state index contributed by atoms with van der Waals surface area (Å²) in [5.41, 5.74) is -0.885. The summed E-state index contributed by atoms with van der Waals surface area (Å²) < 4.78 is 68.6. The van der Waals surface area contributed by atoms with E-state index >= 15 is 0 Å². The number of amides is 1. The molecule has 1 aromatic carbocycles. The Hall–Kier alpha value is -4.09. The second-order valence-electron chi connectivity index (χ2n) is 8.86. The van der Waals surface area contributed by atoms with Gasteiger partial charge in [-0.2, -0.15) is 13.2 Å². The number of nitrogens with one attached hydrogen (secondary N) is 3. The van der Waals surface area contributed by atoms with Gasteiger partial charge in [0, 0.05) is 35.4 Å². The van der Waals surface area contributed by atoms with E-state index < -0.39 is 23.4 Å². The highest BCUT2D eigenvalue weighted by molar-refractivity contribution is 5.95. The SMILES string of the molecule is O=C(N[C@@H]1CCC[C@H](Nc2nc(-c3c[nH]c4c(F)cc(C(F)(F)F)cc34)ncc2F)C1)c1ccccn1. The number of aromatic nitrogens is 4. The summed E-state index contributed by atoms with van der Waals surface area (Å²) in [5.74, 6) is -2.31. The molecule has 12 heteroatoms. The molecule has 1 saturated carbocycles. The average Bonchev–Trinajstić information content (AvgIpc) is 3.30. The Bertz CT molecular complexity index is 1440. The Morgan fingerprint density at radius 1 is 1.05 bits per heavy atom. The topological polar surface area (TPSA) is 95.6 Å². The maximum Gasteiger partial charge on any atom is 0.416 e. The minimum Gasteiger partial charge on any atom is -0.365 e. The number of aromatic amines is 1. The summed E-state index contributed by atoms with van der Waals surface area (Å²) in [6, 6.07) is 5.87. The van der Waals surface area contributed by atoms with Crippen molar-refractivity contribution in [2.45, 2.75) is 43.9 Å². The number of carbonyl (C=O) groups is 1. The zero-order valence-electron chi connectivity index (χ0n) is 19.2. The molecule has 0 spiro atoms. The third kappa shape index (κ3) is 5.23. The van der Waals surface area contributed by atoms with Crippen molar-refractivity contribution in [3.05, 3.63) is 71.8 Å². The zero-order chi connectivity index (χ0) is 26.2. The van der Waals surface area contributed by atoms with Crippen LogP contribution >= 0.6 is 0 Å². The molecule has 3 heterocycles. The number of benzene rings is 1. The van der Waals surface area contributed by atoms with E-state index in [1.165, 1.54) is 12.4 Å². The average molecular weight is 516 g/mol. The number of halogens is 5. The molecule has 37 heavy (non-hydrogen) atoms. The molecular formula is C25H21F5N6O. The highest BCUT2D eigenvalue weighted by Crippen LogP contribution is 2.36. The van der Waals surface area contributed by atoms with Gasteiger partial charge in [0.15, 0.2) is 17.5 Å². The van der Waals surface area contributed by atoms with Crippen molar-refractivity contribution in [3.8, 4) is 11.4 Å². The maximum absolute atomic E-state index is 14.6. The minimum atomic E-state index is -4.75. The van der Waals surface area contributed by atoms with Gasteiger partial charge in [-0.25, -0.2) is 18.7 Å². The van der Waals surface area contributed by atoms with Crippen LogP contribution in [0, 0.1) is 11.6 Å². The quantitative estimate of drug-likeness (QED) is 0.306. The smallest absolute Gasteiger partial charge is 0.365 e. The number of alkyl halides is 3. The largest absolute Gasteiger partial charge is 0.416 e. The van der Waals surface area contributed by atoms with Crippen LogP contribution < -0.4 is 10.6 Å². The van der Waals surface area contributed by atoms with E-state index in [-0.39, 0.29) is 46.1 Å². The van der Waals surface area contributed by atoms with E-state index in [1.54, 1.807) is 18.2 Å². The summed E-state index contributed by atoms with van der Waals surface area (Å²) in [5, 5.41) is 5.91. The van der Waals surface area contributed by atoms with Crippen molar-refractivity contribution in [3.63, 3.8) is 0 Å². The molecule has 0 radical (unpaired) electrons. The molecule has 3 N–H and O–H groups in total. The van der Waals surface area contributed by atoms with Crippen LogP contribution in [0.3, 0.4) is 0 Å². The van der Waals surface area contributed by atoms with Crippen molar-refractivity contribution < 1.29 is 26.7 Å². The first kappa shape index (κ1) is 24.6. The Kier molecular flexibility index (Phi) is 6.48. The van der Waals surface area contributed by atoms with Crippen LogP contribution in [0.15, 0.2) is 48.9 Å². The molecule has 5 rings (SSSR count). The van der Waals surface area contributed by atoms with Gasteiger partial charge in [0.1, 0.15) is 11.5 Å². The molecular weight excluding hydrogens is 495 g/mol. The monoisotopic (exact) mass is 516 g/mol. The fourth-order valence-electron chi connectivity index (χ4n) is 4.54. The van der Waals surface area contributed by atoms with Gasteiger partial charge in [0.2, 0.25) is 0 Å². The van der Waals surface area contributed by atoms with Crippen molar-refractivity contribution in [1.29, 1.82) is 0 Å². The van der Waals surface area contributed by atoms with Crippen LogP contribution in [0.5, 0.6) is 0 Å². The van der Waals surface area contributed by atoms with Crippen molar-refractivity contribution >= 4 is 22.6 Å². The second kappa shape index (κ2) is 9.75. The third-order valence-corrected chi connectivity index (χ3v) is 6.30. The number of hydrogen-bond acceptors (Lipinski definition) is 5. The van der Waals surface area contributed by atoms with Crippen molar-refractivity contribution in [1.82, 2.24) is 25.3 Å². The zero-order valence-corrected chi connectivity index (χ0v) is 19.2. The first-order valence-corrected chi connectivity index (χ1v) is 11.6. The molecule has 7 nitrogen and oxygen atoms in total. The lowest BCUT2D eigenvalue weighted by atomic mass is 9.91. The molecule has 192 valence electrons. The summed E-state index contributed by atoms with van der Waals surface area (Å²) in [7, 11) is 0. The molecule has 1 aliphatic carbocycles. The molecule has 1 amide bonds. The normalized spacial score (nSPS) is 18.1. The summed E-state index contributed by atoms with van der Waals surface area (Å²) >= 11 is 0. The number of anilines is 1. The number of H-pyrrole nitrogens is 1. The van der Waals surface area contributed by atoms with Crippen molar-refractivity contribution in [2.75, 3.05) is 5.32 Å². The molecule has 3 aromatic heterocycles. The third-order valence-electron chi connectivity index (χ3n) is 6.30. The Morgan fingerprint density at radius 2 is 1.86 bits per heavy atom. The van der Waals surface area contributed by atoms with Gasteiger partial charge in [-0.3, -0.25) is 9.78 Å². The fourth-order valence-corrected chi connectivity index (χ4v) is 4.54. The van der Waals surface area contributed by atoms with Crippen LogP contribution in [0.25, 0.3) is 22.3 Å².